The highest BCUT2D eigenvalue weighted by molar-refractivity contribution is 7.89. The zero-order valence-electron chi connectivity index (χ0n) is 19.3. The molecule has 3 aromatic rings. The summed E-state index contributed by atoms with van der Waals surface area (Å²) in [6.07, 6.45) is 0. The third kappa shape index (κ3) is 5.64. The van der Waals surface area contributed by atoms with E-state index in [2.05, 4.69) is 16.7 Å². The Balaban J connectivity index is 1.58. The number of nitrogens with zero attached hydrogens (tertiary/aromatic N) is 1. The van der Waals surface area contributed by atoms with Gasteiger partial charge >= 0.3 is 0 Å². The number of carbonyl (C=O) groups is 1. The molecule has 0 unspecified atom stereocenters. The molecule has 7 nitrogen and oxygen atoms in total. The third-order valence-corrected chi connectivity index (χ3v) is 7.53. The van der Waals surface area contributed by atoms with E-state index in [9.17, 15) is 13.2 Å². The van der Waals surface area contributed by atoms with Gasteiger partial charge in [0.2, 0.25) is 10.0 Å². The van der Waals surface area contributed by atoms with Gasteiger partial charge in [-0.3, -0.25) is 4.79 Å². The second kappa shape index (κ2) is 10.4. The smallest absolute Gasteiger partial charge is 0.251 e. The number of nitrogens with one attached hydrogen (secondary N) is 2. The molecule has 0 saturated carbocycles. The van der Waals surface area contributed by atoms with Crippen LogP contribution in [0.1, 0.15) is 22.7 Å². The SMILES string of the molecule is Cc1cc(C)cc(N[C@H](C(=O)Nc2cccc(S(=O)(=O)N3CCOCC3)c2)c2ccccc2)c1. The molecule has 0 aromatic heterocycles. The van der Waals surface area contributed by atoms with Crippen LogP contribution >= 0.6 is 0 Å². The lowest BCUT2D eigenvalue weighted by Crippen LogP contribution is -2.40. The highest BCUT2D eigenvalue weighted by atomic mass is 32.2. The van der Waals surface area contributed by atoms with Crippen LogP contribution in [0.4, 0.5) is 11.4 Å². The van der Waals surface area contributed by atoms with E-state index in [4.69, 9.17) is 4.74 Å². The molecular weight excluding hydrogens is 450 g/mol. The minimum atomic E-state index is -3.66. The van der Waals surface area contributed by atoms with Crippen molar-refractivity contribution >= 4 is 27.3 Å². The Bertz CT molecular complexity index is 1240. The Morgan fingerprint density at radius 2 is 1.56 bits per heavy atom. The molecule has 1 aliphatic rings. The molecule has 1 aliphatic heterocycles. The Morgan fingerprint density at radius 1 is 0.882 bits per heavy atom. The van der Waals surface area contributed by atoms with E-state index in [1.807, 2.05) is 56.3 Å². The first-order valence-corrected chi connectivity index (χ1v) is 12.7. The average Bonchev–Trinajstić information content (AvgIpc) is 2.83. The predicted molar refractivity (Wildman–Crippen MR) is 133 cm³/mol. The zero-order chi connectivity index (χ0) is 24.1. The van der Waals surface area contributed by atoms with E-state index in [0.717, 1.165) is 22.4 Å². The van der Waals surface area contributed by atoms with E-state index in [0.29, 0.717) is 32.0 Å². The molecule has 0 bridgehead atoms. The van der Waals surface area contributed by atoms with Crippen LogP contribution in [0.5, 0.6) is 0 Å². The fourth-order valence-corrected chi connectivity index (χ4v) is 5.51. The Labute approximate surface area is 200 Å². The molecule has 3 aromatic carbocycles. The highest BCUT2D eigenvalue weighted by Crippen LogP contribution is 2.25. The van der Waals surface area contributed by atoms with Crippen molar-refractivity contribution in [3.8, 4) is 0 Å². The molecule has 2 N–H and O–H groups in total. The monoisotopic (exact) mass is 479 g/mol. The molecule has 1 heterocycles. The maximum absolute atomic E-state index is 13.4. The van der Waals surface area contributed by atoms with Crippen molar-refractivity contribution in [1.29, 1.82) is 0 Å². The van der Waals surface area contributed by atoms with Gasteiger partial charge in [-0.15, -0.1) is 0 Å². The van der Waals surface area contributed by atoms with Crippen molar-refractivity contribution in [3.05, 3.63) is 89.5 Å². The fraction of sp³-hybridized carbons (Fsp3) is 0.269. The van der Waals surface area contributed by atoms with Crippen LogP contribution in [0.25, 0.3) is 0 Å². The predicted octanol–water partition coefficient (Wildman–Crippen LogP) is 4.12. The van der Waals surface area contributed by atoms with E-state index >= 15 is 0 Å². The molecule has 1 amide bonds. The molecule has 0 aliphatic carbocycles. The standard InChI is InChI=1S/C26H29N3O4S/c1-19-15-20(2)17-23(16-19)27-25(21-7-4-3-5-8-21)26(30)28-22-9-6-10-24(18-22)34(31,32)29-11-13-33-14-12-29/h3-10,15-18,25,27H,11-14H2,1-2H3,(H,28,30)/t25-/m0/s1. The van der Waals surface area contributed by atoms with Crippen LogP contribution in [0.15, 0.2) is 77.7 Å². The summed E-state index contributed by atoms with van der Waals surface area (Å²) in [4.78, 5) is 13.5. The van der Waals surface area contributed by atoms with Gasteiger partial charge in [-0.05, 0) is 60.9 Å². The first-order valence-electron chi connectivity index (χ1n) is 11.2. The van der Waals surface area contributed by atoms with Crippen LogP contribution in [-0.4, -0.2) is 44.9 Å². The summed E-state index contributed by atoms with van der Waals surface area (Å²) in [5.41, 5.74) is 4.25. The Morgan fingerprint density at radius 3 is 2.24 bits per heavy atom. The van der Waals surface area contributed by atoms with Gasteiger partial charge in [-0.2, -0.15) is 4.31 Å². The molecule has 4 rings (SSSR count). The summed E-state index contributed by atoms with van der Waals surface area (Å²) in [6.45, 7) is 5.40. The molecule has 0 radical (unpaired) electrons. The molecular formula is C26H29N3O4S. The molecule has 0 spiro atoms. The van der Waals surface area contributed by atoms with Crippen molar-refractivity contribution in [1.82, 2.24) is 4.31 Å². The fourth-order valence-electron chi connectivity index (χ4n) is 4.06. The lowest BCUT2D eigenvalue weighted by Gasteiger charge is -2.26. The Kier molecular flexibility index (Phi) is 7.31. The van der Waals surface area contributed by atoms with E-state index in [-0.39, 0.29) is 10.8 Å². The van der Waals surface area contributed by atoms with E-state index in [1.165, 1.54) is 10.4 Å². The third-order valence-electron chi connectivity index (χ3n) is 5.64. The molecule has 34 heavy (non-hydrogen) atoms. The van der Waals surface area contributed by atoms with Crippen LogP contribution in [-0.2, 0) is 19.6 Å². The summed E-state index contributed by atoms with van der Waals surface area (Å²) in [7, 11) is -3.66. The zero-order valence-corrected chi connectivity index (χ0v) is 20.1. The number of hydrogen-bond donors (Lipinski definition) is 2. The lowest BCUT2D eigenvalue weighted by molar-refractivity contribution is -0.117. The summed E-state index contributed by atoms with van der Waals surface area (Å²) in [6, 6.07) is 21.2. The Hall–Kier alpha value is -3.20. The van der Waals surface area contributed by atoms with Gasteiger partial charge in [0.05, 0.1) is 18.1 Å². The number of carbonyl (C=O) groups excluding carboxylic acids is 1. The van der Waals surface area contributed by atoms with Gasteiger partial charge in [0, 0.05) is 24.5 Å². The maximum Gasteiger partial charge on any atom is 0.251 e. The quantitative estimate of drug-likeness (QED) is 0.532. The number of ether oxygens (including phenoxy) is 1. The van der Waals surface area contributed by atoms with E-state index < -0.39 is 16.1 Å². The summed E-state index contributed by atoms with van der Waals surface area (Å²) < 4.78 is 32.7. The number of benzene rings is 3. The number of sulfonamides is 1. The molecule has 178 valence electrons. The highest BCUT2D eigenvalue weighted by Gasteiger charge is 2.27. The largest absolute Gasteiger partial charge is 0.379 e. The van der Waals surface area contributed by atoms with Gasteiger partial charge in [0.1, 0.15) is 6.04 Å². The van der Waals surface area contributed by atoms with Crippen molar-refractivity contribution in [2.75, 3.05) is 36.9 Å². The van der Waals surface area contributed by atoms with Gasteiger partial charge in [-0.25, -0.2) is 8.42 Å². The van der Waals surface area contributed by atoms with Crippen LogP contribution < -0.4 is 10.6 Å². The van der Waals surface area contributed by atoms with Gasteiger partial charge in [-0.1, -0.05) is 42.5 Å². The summed E-state index contributed by atoms with van der Waals surface area (Å²) in [5.74, 6) is -0.286. The van der Waals surface area contributed by atoms with Crippen LogP contribution in [0, 0.1) is 13.8 Å². The second-order valence-corrected chi connectivity index (χ2v) is 10.3. The molecule has 8 heteroatoms. The van der Waals surface area contributed by atoms with Gasteiger partial charge in [0.25, 0.3) is 5.91 Å². The van der Waals surface area contributed by atoms with Gasteiger partial charge in [0.15, 0.2) is 0 Å². The number of rotatable bonds is 7. The number of aryl methyl sites for hydroxylation is 2. The minimum Gasteiger partial charge on any atom is -0.379 e. The van der Waals surface area contributed by atoms with Crippen molar-refractivity contribution in [2.45, 2.75) is 24.8 Å². The van der Waals surface area contributed by atoms with Crippen LogP contribution in [0.2, 0.25) is 0 Å². The number of anilines is 2. The van der Waals surface area contributed by atoms with Crippen molar-refractivity contribution in [2.24, 2.45) is 0 Å². The molecule has 1 fully saturated rings. The lowest BCUT2D eigenvalue weighted by atomic mass is 10.0. The normalized spacial score (nSPS) is 15.5. The second-order valence-electron chi connectivity index (χ2n) is 8.40. The van der Waals surface area contributed by atoms with Crippen LogP contribution in [0.3, 0.4) is 0 Å². The summed E-state index contributed by atoms with van der Waals surface area (Å²) in [5, 5.41) is 6.24. The topological polar surface area (TPSA) is 87.7 Å². The van der Waals surface area contributed by atoms with Crippen molar-refractivity contribution in [3.63, 3.8) is 0 Å². The van der Waals surface area contributed by atoms with Gasteiger partial charge < -0.3 is 15.4 Å². The maximum atomic E-state index is 13.4. The number of morpholine rings is 1. The molecule has 1 saturated heterocycles. The first-order chi connectivity index (χ1) is 16.3. The minimum absolute atomic E-state index is 0.144. The molecule has 1 atom stereocenters. The summed E-state index contributed by atoms with van der Waals surface area (Å²) >= 11 is 0. The average molecular weight is 480 g/mol. The van der Waals surface area contributed by atoms with E-state index in [1.54, 1.807) is 18.2 Å². The number of hydrogen-bond acceptors (Lipinski definition) is 5. The van der Waals surface area contributed by atoms with Crippen molar-refractivity contribution < 1.29 is 17.9 Å². The first kappa shape index (κ1) is 23.9. The number of amides is 1.